The fraction of sp³-hybridized carbons (Fsp3) is 0.524. The summed E-state index contributed by atoms with van der Waals surface area (Å²) in [7, 11) is 0. The molecule has 0 radical (unpaired) electrons. The summed E-state index contributed by atoms with van der Waals surface area (Å²) in [6.07, 6.45) is 6.28. The molecule has 5 nitrogen and oxygen atoms in total. The molecule has 1 aromatic carbocycles. The van der Waals surface area contributed by atoms with Gasteiger partial charge in [-0.15, -0.1) is 0 Å². The molecule has 1 aromatic heterocycles. The summed E-state index contributed by atoms with van der Waals surface area (Å²) in [5, 5.41) is 7.91. The average molecular weight is 352 g/mol. The van der Waals surface area contributed by atoms with Crippen LogP contribution in [0.5, 0.6) is 0 Å². The van der Waals surface area contributed by atoms with E-state index in [1.54, 1.807) is 0 Å². The first kappa shape index (κ1) is 17.3. The van der Waals surface area contributed by atoms with Gasteiger partial charge in [-0.2, -0.15) is 5.10 Å². The zero-order chi connectivity index (χ0) is 18.3. The van der Waals surface area contributed by atoms with Gasteiger partial charge in [0.25, 0.3) is 5.91 Å². The van der Waals surface area contributed by atoms with Crippen molar-refractivity contribution in [2.75, 3.05) is 6.54 Å². The van der Waals surface area contributed by atoms with E-state index >= 15 is 0 Å². The highest BCUT2D eigenvalue weighted by Crippen LogP contribution is 2.39. The molecule has 1 heterocycles. The summed E-state index contributed by atoms with van der Waals surface area (Å²) in [6, 6.07) is 8.47. The number of rotatable bonds is 6. The van der Waals surface area contributed by atoms with Gasteiger partial charge in [-0.1, -0.05) is 19.1 Å². The lowest BCUT2D eigenvalue weighted by Crippen LogP contribution is -2.53. The number of aryl methyl sites for hydroxylation is 1. The molecule has 138 valence electrons. The molecule has 1 saturated carbocycles. The quantitative estimate of drug-likeness (QED) is 0.840. The molecule has 1 atom stereocenters. The molecule has 4 rings (SSSR count). The Hall–Kier alpha value is -2.14. The molecule has 0 bridgehead atoms. The second-order valence-electron chi connectivity index (χ2n) is 7.91. The van der Waals surface area contributed by atoms with E-state index in [0.29, 0.717) is 18.2 Å². The second-order valence-corrected chi connectivity index (χ2v) is 7.91. The molecule has 2 aromatic rings. The van der Waals surface area contributed by atoms with Gasteiger partial charge in [0.2, 0.25) is 0 Å². The van der Waals surface area contributed by atoms with Gasteiger partial charge in [0.05, 0.1) is 11.2 Å². The van der Waals surface area contributed by atoms with Gasteiger partial charge < -0.3 is 11.1 Å². The number of aromatic nitrogens is 2. The first-order valence-electron chi connectivity index (χ1n) is 9.78. The van der Waals surface area contributed by atoms with Crippen LogP contribution >= 0.6 is 0 Å². The maximum Gasteiger partial charge on any atom is 0.272 e. The molecule has 0 saturated heterocycles. The van der Waals surface area contributed by atoms with E-state index in [9.17, 15) is 4.79 Å². The first-order valence-corrected chi connectivity index (χ1v) is 9.78. The number of hydrogen-bond donors (Lipinski definition) is 2. The Morgan fingerprint density at radius 3 is 2.65 bits per heavy atom. The summed E-state index contributed by atoms with van der Waals surface area (Å²) >= 11 is 0. The maximum absolute atomic E-state index is 13.0. The van der Waals surface area contributed by atoms with E-state index < -0.39 is 0 Å². The highest BCUT2D eigenvalue weighted by Gasteiger charge is 2.42. The van der Waals surface area contributed by atoms with Crippen molar-refractivity contribution in [3.05, 3.63) is 46.8 Å². The molecule has 5 heteroatoms. The van der Waals surface area contributed by atoms with Gasteiger partial charge in [-0.25, -0.2) is 4.68 Å². The smallest absolute Gasteiger partial charge is 0.272 e. The van der Waals surface area contributed by atoms with Crippen molar-refractivity contribution in [3.63, 3.8) is 0 Å². The van der Waals surface area contributed by atoms with Gasteiger partial charge in [0.1, 0.15) is 0 Å². The van der Waals surface area contributed by atoms with Crippen LogP contribution in [0.2, 0.25) is 0 Å². The highest BCUT2D eigenvalue weighted by atomic mass is 16.2. The normalized spacial score (nSPS) is 18.4. The van der Waals surface area contributed by atoms with Crippen LogP contribution in [-0.2, 0) is 19.3 Å². The van der Waals surface area contributed by atoms with Crippen molar-refractivity contribution >= 4 is 5.91 Å². The first-order chi connectivity index (χ1) is 12.6. The molecule has 3 N–H and O–H groups in total. The van der Waals surface area contributed by atoms with E-state index in [2.05, 4.69) is 43.4 Å². The SMILES string of the molecule is CCc1ccc(-n2nc(C(=O)NC(C)(CN)C3CC3)c3c2CCC3)cc1. The number of nitrogens with zero attached hydrogens (tertiary/aromatic N) is 2. The summed E-state index contributed by atoms with van der Waals surface area (Å²) in [4.78, 5) is 13.0. The Labute approximate surface area is 155 Å². The molecular weight excluding hydrogens is 324 g/mol. The van der Waals surface area contributed by atoms with Crippen LogP contribution in [0.1, 0.15) is 60.4 Å². The Kier molecular flexibility index (Phi) is 4.35. The van der Waals surface area contributed by atoms with E-state index in [-0.39, 0.29) is 11.4 Å². The Bertz CT molecular complexity index is 819. The fourth-order valence-electron chi connectivity index (χ4n) is 4.06. The number of fused-ring (bicyclic) bond motifs is 1. The van der Waals surface area contributed by atoms with E-state index in [0.717, 1.165) is 49.8 Å². The minimum absolute atomic E-state index is 0.0769. The van der Waals surface area contributed by atoms with Gasteiger partial charge in [-0.05, 0) is 69.1 Å². The van der Waals surface area contributed by atoms with Gasteiger partial charge >= 0.3 is 0 Å². The molecule has 1 fully saturated rings. The van der Waals surface area contributed by atoms with Crippen molar-refractivity contribution in [1.82, 2.24) is 15.1 Å². The third kappa shape index (κ3) is 2.94. The monoisotopic (exact) mass is 352 g/mol. The van der Waals surface area contributed by atoms with Crippen LogP contribution in [0.3, 0.4) is 0 Å². The predicted octanol–water partition coefficient (Wildman–Crippen LogP) is 2.78. The van der Waals surface area contributed by atoms with Crippen molar-refractivity contribution in [2.45, 2.75) is 57.9 Å². The van der Waals surface area contributed by atoms with Gasteiger partial charge in [-0.3, -0.25) is 4.79 Å². The summed E-state index contributed by atoms with van der Waals surface area (Å²) in [6.45, 7) is 4.67. The van der Waals surface area contributed by atoms with Crippen LogP contribution in [-0.4, -0.2) is 27.8 Å². The lowest BCUT2D eigenvalue weighted by molar-refractivity contribution is 0.0891. The second kappa shape index (κ2) is 6.54. The minimum Gasteiger partial charge on any atom is -0.344 e. The topological polar surface area (TPSA) is 72.9 Å². The van der Waals surface area contributed by atoms with Crippen molar-refractivity contribution in [2.24, 2.45) is 11.7 Å². The zero-order valence-corrected chi connectivity index (χ0v) is 15.7. The molecule has 26 heavy (non-hydrogen) atoms. The molecular formula is C21H28N4O. The van der Waals surface area contributed by atoms with Crippen LogP contribution < -0.4 is 11.1 Å². The Morgan fingerprint density at radius 1 is 1.31 bits per heavy atom. The number of amides is 1. The average Bonchev–Trinajstić information content (AvgIpc) is 3.31. The van der Waals surface area contributed by atoms with Crippen LogP contribution in [0.4, 0.5) is 0 Å². The summed E-state index contributed by atoms with van der Waals surface area (Å²) in [5.41, 5.74) is 10.9. The number of nitrogens with one attached hydrogen (secondary N) is 1. The molecule has 1 unspecified atom stereocenters. The molecule has 1 amide bonds. The van der Waals surface area contributed by atoms with Crippen LogP contribution in [0.15, 0.2) is 24.3 Å². The summed E-state index contributed by atoms with van der Waals surface area (Å²) < 4.78 is 1.97. The van der Waals surface area contributed by atoms with E-state index in [1.807, 2.05) is 4.68 Å². The predicted molar refractivity (Wildman–Crippen MR) is 103 cm³/mol. The lowest BCUT2D eigenvalue weighted by Gasteiger charge is -2.29. The summed E-state index contributed by atoms with van der Waals surface area (Å²) in [5.74, 6) is 0.417. The van der Waals surface area contributed by atoms with Crippen LogP contribution in [0.25, 0.3) is 5.69 Å². The van der Waals surface area contributed by atoms with Crippen LogP contribution in [0, 0.1) is 5.92 Å². The number of nitrogens with two attached hydrogens (primary N) is 1. The Morgan fingerprint density at radius 2 is 2.04 bits per heavy atom. The van der Waals surface area contributed by atoms with Crippen molar-refractivity contribution < 1.29 is 4.79 Å². The fourth-order valence-corrected chi connectivity index (χ4v) is 4.06. The Balaban J connectivity index is 1.66. The van der Waals surface area contributed by atoms with Crippen molar-refractivity contribution in [1.29, 1.82) is 0 Å². The zero-order valence-electron chi connectivity index (χ0n) is 15.7. The van der Waals surface area contributed by atoms with Gasteiger partial charge in [0.15, 0.2) is 5.69 Å². The number of benzene rings is 1. The number of carbonyl (C=O) groups is 1. The number of carbonyl (C=O) groups excluding carboxylic acids is 1. The molecule has 0 spiro atoms. The van der Waals surface area contributed by atoms with E-state index in [1.165, 1.54) is 11.3 Å². The molecule has 0 aliphatic heterocycles. The number of hydrogen-bond acceptors (Lipinski definition) is 3. The van der Waals surface area contributed by atoms with Gasteiger partial charge in [0, 0.05) is 17.8 Å². The maximum atomic E-state index is 13.0. The third-order valence-electron chi connectivity index (χ3n) is 6.04. The largest absolute Gasteiger partial charge is 0.344 e. The lowest BCUT2D eigenvalue weighted by atomic mass is 9.95. The third-order valence-corrected chi connectivity index (χ3v) is 6.04. The highest BCUT2D eigenvalue weighted by molar-refractivity contribution is 5.95. The molecule has 2 aliphatic rings. The molecule has 2 aliphatic carbocycles. The van der Waals surface area contributed by atoms with E-state index in [4.69, 9.17) is 10.8 Å². The van der Waals surface area contributed by atoms with Crippen molar-refractivity contribution in [3.8, 4) is 5.69 Å². The minimum atomic E-state index is -0.324. The standard InChI is InChI=1S/C21H28N4O/c1-3-14-7-11-16(12-8-14)25-18-6-4-5-17(18)19(24-25)20(26)23-21(2,13-22)15-9-10-15/h7-8,11-12,15H,3-6,9-10,13,22H2,1-2H3,(H,23,26).